The Kier molecular flexibility index (Phi) is 6.70. The van der Waals surface area contributed by atoms with Gasteiger partial charge in [0.1, 0.15) is 0 Å². The van der Waals surface area contributed by atoms with Crippen molar-refractivity contribution >= 4 is 33.0 Å². The molecule has 2 amide bonds. The zero-order valence-electron chi connectivity index (χ0n) is 15.5. The third-order valence-corrected chi connectivity index (χ3v) is 5.00. The minimum Gasteiger partial charge on any atom is -0.326 e. The van der Waals surface area contributed by atoms with Gasteiger partial charge in [-0.25, -0.2) is 8.42 Å². The lowest BCUT2D eigenvalue weighted by molar-refractivity contribution is -0.116. The van der Waals surface area contributed by atoms with E-state index in [0.29, 0.717) is 24.3 Å². The molecular formula is C19H23N3O4S. The van der Waals surface area contributed by atoms with Crippen LogP contribution in [0, 0.1) is 6.92 Å². The summed E-state index contributed by atoms with van der Waals surface area (Å²) in [5, 5.41) is 8.47. The van der Waals surface area contributed by atoms with Crippen molar-refractivity contribution < 1.29 is 18.0 Å². The van der Waals surface area contributed by atoms with Crippen molar-refractivity contribution in [2.75, 3.05) is 30.5 Å². The van der Waals surface area contributed by atoms with E-state index in [9.17, 15) is 18.0 Å². The summed E-state index contributed by atoms with van der Waals surface area (Å²) in [6.45, 7) is 2.40. The molecule has 0 fully saturated rings. The molecule has 2 aromatic rings. The zero-order valence-corrected chi connectivity index (χ0v) is 16.3. The molecule has 2 rings (SSSR count). The van der Waals surface area contributed by atoms with E-state index >= 15 is 0 Å². The van der Waals surface area contributed by atoms with Gasteiger partial charge in [-0.2, -0.15) is 0 Å². The third kappa shape index (κ3) is 5.90. The quantitative estimate of drug-likeness (QED) is 0.673. The molecule has 0 heterocycles. The summed E-state index contributed by atoms with van der Waals surface area (Å²) < 4.78 is 23.3. The van der Waals surface area contributed by atoms with Crippen LogP contribution in [0.15, 0.2) is 47.4 Å². The Hall–Kier alpha value is -2.71. The fourth-order valence-corrected chi connectivity index (χ4v) is 3.07. The van der Waals surface area contributed by atoms with Crippen LogP contribution in [0.2, 0.25) is 0 Å². The maximum atomic E-state index is 12.4. The fourth-order valence-electron chi connectivity index (χ4n) is 2.41. The van der Waals surface area contributed by atoms with Gasteiger partial charge >= 0.3 is 0 Å². The number of benzene rings is 2. The number of rotatable bonds is 7. The Morgan fingerprint density at radius 1 is 1.04 bits per heavy atom. The Balaban J connectivity index is 2.11. The monoisotopic (exact) mass is 389 g/mol. The molecule has 27 heavy (non-hydrogen) atoms. The Bertz CT molecular complexity index is 955. The molecule has 3 N–H and O–H groups in total. The predicted octanol–water partition coefficient (Wildman–Crippen LogP) is 2.20. The zero-order chi connectivity index (χ0) is 20.0. The Morgan fingerprint density at radius 3 is 2.41 bits per heavy atom. The number of anilines is 2. The molecule has 0 radical (unpaired) electrons. The molecule has 2 aromatic carbocycles. The molecule has 0 aromatic heterocycles. The normalized spacial score (nSPS) is 11.1. The number of hydrogen-bond acceptors (Lipinski definition) is 5. The van der Waals surface area contributed by atoms with Crippen molar-refractivity contribution in [3.63, 3.8) is 0 Å². The van der Waals surface area contributed by atoms with Gasteiger partial charge in [-0.3, -0.25) is 9.59 Å². The summed E-state index contributed by atoms with van der Waals surface area (Å²) in [6.07, 6.45) is 1.46. The highest BCUT2D eigenvalue weighted by Gasteiger charge is 2.13. The van der Waals surface area contributed by atoms with E-state index in [0.717, 1.165) is 11.8 Å². The summed E-state index contributed by atoms with van der Waals surface area (Å²) in [6, 6.07) is 11.0. The molecule has 0 saturated heterocycles. The van der Waals surface area contributed by atoms with Gasteiger partial charge < -0.3 is 16.0 Å². The van der Waals surface area contributed by atoms with Crippen LogP contribution in [-0.2, 0) is 14.6 Å². The first kappa shape index (κ1) is 20.6. The average Bonchev–Trinajstić information content (AvgIpc) is 2.61. The van der Waals surface area contributed by atoms with Gasteiger partial charge in [0.05, 0.1) is 4.90 Å². The van der Waals surface area contributed by atoms with E-state index in [-0.39, 0.29) is 16.4 Å². The average molecular weight is 389 g/mol. The summed E-state index contributed by atoms with van der Waals surface area (Å²) in [5.74, 6) is -0.507. The van der Waals surface area contributed by atoms with Crippen LogP contribution in [-0.4, -0.2) is 40.1 Å². The Labute approximate surface area is 159 Å². The van der Waals surface area contributed by atoms with E-state index in [4.69, 9.17) is 0 Å². The molecular weight excluding hydrogens is 366 g/mol. The molecule has 0 spiro atoms. The van der Waals surface area contributed by atoms with Crippen LogP contribution in [0.3, 0.4) is 0 Å². The van der Waals surface area contributed by atoms with Gasteiger partial charge in [0, 0.05) is 36.2 Å². The van der Waals surface area contributed by atoms with Crippen LogP contribution < -0.4 is 16.0 Å². The molecule has 0 aliphatic carbocycles. The topological polar surface area (TPSA) is 104 Å². The number of aryl methyl sites for hydroxylation is 1. The van der Waals surface area contributed by atoms with E-state index in [1.807, 2.05) is 6.92 Å². The highest BCUT2D eigenvalue weighted by molar-refractivity contribution is 7.90. The van der Waals surface area contributed by atoms with Crippen LogP contribution in [0.4, 0.5) is 11.4 Å². The number of hydrogen-bond donors (Lipinski definition) is 3. The summed E-state index contributed by atoms with van der Waals surface area (Å²) >= 11 is 0. The molecule has 0 unspecified atom stereocenters. The van der Waals surface area contributed by atoms with Crippen molar-refractivity contribution in [1.82, 2.24) is 5.32 Å². The molecule has 0 atom stereocenters. The number of carbonyl (C=O) groups excluding carboxylic acids is 2. The highest BCUT2D eigenvalue weighted by atomic mass is 32.2. The Morgan fingerprint density at radius 2 is 1.78 bits per heavy atom. The maximum absolute atomic E-state index is 12.4. The lowest BCUT2D eigenvalue weighted by atomic mass is 10.1. The van der Waals surface area contributed by atoms with Crippen LogP contribution in [0.1, 0.15) is 22.3 Å². The standard InChI is InChI=1S/C19H23N3O4S/c1-13-11-15(21-18(23)9-10-20-2)7-8-17(13)22-19(24)14-5-4-6-16(12-14)27(3,25)26/h4-8,11-12,20H,9-10H2,1-3H3,(H,21,23)(H,22,24). The van der Waals surface area contributed by atoms with E-state index in [1.54, 1.807) is 31.3 Å². The van der Waals surface area contributed by atoms with Crippen molar-refractivity contribution in [3.8, 4) is 0 Å². The maximum Gasteiger partial charge on any atom is 0.255 e. The minimum absolute atomic E-state index is 0.0894. The SMILES string of the molecule is CNCCC(=O)Nc1ccc(NC(=O)c2cccc(S(C)(=O)=O)c2)c(C)c1. The molecule has 144 valence electrons. The fraction of sp³-hybridized carbons (Fsp3) is 0.263. The lowest BCUT2D eigenvalue weighted by Gasteiger charge is -2.12. The smallest absolute Gasteiger partial charge is 0.255 e. The summed E-state index contributed by atoms with van der Waals surface area (Å²) in [4.78, 5) is 24.3. The number of amides is 2. The van der Waals surface area contributed by atoms with E-state index < -0.39 is 15.7 Å². The first-order valence-electron chi connectivity index (χ1n) is 8.37. The van der Waals surface area contributed by atoms with Gasteiger partial charge in [0.2, 0.25) is 5.91 Å². The van der Waals surface area contributed by atoms with Crippen LogP contribution >= 0.6 is 0 Å². The molecule has 0 aliphatic heterocycles. The first-order chi connectivity index (χ1) is 12.7. The third-order valence-electron chi connectivity index (χ3n) is 3.88. The molecule has 8 heteroatoms. The predicted molar refractivity (Wildman–Crippen MR) is 106 cm³/mol. The van der Waals surface area contributed by atoms with Crippen LogP contribution in [0.5, 0.6) is 0 Å². The largest absolute Gasteiger partial charge is 0.326 e. The van der Waals surface area contributed by atoms with E-state index in [1.165, 1.54) is 18.2 Å². The highest BCUT2D eigenvalue weighted by Crippen LogP contribution is 2.21. The van der Waals surface area contributed by atoms with Crippen molar-refractivity contribution in [2.45, 2.75) is 18.2 Å². The number of carbonyl (C=O) groups is 2. The second-order valence-corrected chi connectivity index (χ2v) is 8.20. The van der Waals surface area contributed by atoms with Crippen molar-refractivity contribution in [2.24, 2.45) is 0 Å². The van der Waals surface area contributed by atoms with Gasteiger partial charge in [0.25, 0.3) is 5.91 Å². The van der Waals surface area contributed by atoms with Gasteiger partial charge in [-0.05, 0) is 55.9 Å². The molecule has 7 nitrogen and oxygen atoms in total. The molecule has 0 aliphatic rings. The van der Waals surface area contributed by atoms with Gasteiger partial charge in [-0.15, -0.1) is 0 Å². The van der Waals surface area contributed by atoms with Crippen molar-refractivity contribution in [1.29, 1.82) is 0 Å². The minimum atomic E-state index is -3.39. The van der Waals surface area contributed by atoms with E-state index in [2.05, 4.69) is 16.0 Å². The second kappa shape index (κ2) is 8.79. The van der Waals surface area contributed by atoms with Gasteiger partial charge in [0.15, 0.2) is 9.84 Å². The number of nitrogens with one attached hydrogen (secondary N) is 3. The van der Waals surface area contributed by atoms with Crippen molar-refractivity contribution in [3.05, 3.63) is 53.6 Å². The first-order valence-corrected chi connectivity index (χ1v) is 10.3. The summed E-state index contributed by atoms with van der Waals surface area (Å²) in [5.41, 5.74) is 2.25. The van der Waals surface area contributed by atoms with Crippen LogP contribution in [0.25, 0.3) is 0 Å². The second-order valence-electron chi connectivity index (χ2n) is 6.19. The molecule has 0 saturated carbocycles. The van der Waals surface area contributed by atoms with Gasteiger partial charge in [-0.1, -0.05) is 6.07 Å². The molecule has 0 bridgehead atoms. The number of sulfone groups is 1. The summed E-state index contributed by atoms with van der Waals surface area (Å²) in [7, 11) is -1.61. The lowest BCUT2D eigenvalue weighted by Crippen LogP contribution is -2.19.